The molecule has 0 radical (unpaired) electrons. The zero-order valence-electron chi connectivity index (χ0n) is 12.1. The normalized spacial score (nSPS) is 12.9. The topological polar surface area (TPSA) is 64.6 Å². The minimum Gasteiger partial charge on any atom is -0.376 e. The lowest BCUT2D eigenvalue weighted by atomic mass is 11.8. The summed E-state index contributed by atoms with van der Waals surface area (Å²) in [7, 11) is 4.17. The predicted octanol–water partition coefficient (Wildman–Crippen LogP) is 1.13. The van der Waals surface area contributed by atoms with E-state index in [1.807, 2.05) is 0 Å². The van der Waals surface area contributed by atoms with E-state index in [-0.39, 0.29) is 0 Å². The van der Waals surface area contributed by atoms with Gasteiger partial charge in [-0.2, -0.15) is 0 Å². The highest BCUT2D eigenvalue weighted by Gasteiger charge is 2.40. The molecule has 0 aliphatic carbocycles. The molecule has 0 fully saturated rings. The summed E-state index contributed by atoms with van der Waals surface area (Å²) in [5, 5.41) is 0.982. The first kappa shape index (κ1) is 19.9. The highest BCUT2D eigenvalue weighted by Crippen LogP contribution is 2.23. The van der Waals surface area contributed by atoms with Crippen LogP contribution in [0.1, 0.15) is 0 Å². The van der Waals surface area contributed by atoms with Crippen LogP contribution in [0.2, 0.25) is 0 Å². The van der Waals surface area contributed by atoms with Gasteiger partial charge in [-0.05, 0) is 0 Å². The molecule has 0 N–H and O–H groups in total. The van der Waals surface area contributed by atoms with Crippen molar-refractivity contribution >= 4 is 41.7 Å². The third kappa shape index (κ3) is 6.43. The minimum atomic E-state index is -2.60. The second-order valence-electron chi connectivity index (χ2n) is 3.18. The Hall–Kier alpha value is 0.854. The molecule has 7 nitrogen and oxygen atoms in total. The lowest BCUT2D eigenvalue weighted by Gasteiger charge is -2.24. The molecule has 0 atom stereocenters. The van der Waals surface area contributed by atoms with Crippen molar-refractivity contribution in [3.05, 3.63) is 0 Å². The van der Waals surface area contributed by atoms with Gasteiger partial charge in [-0.1, -0.05) is 0 Å². The number of hydrogen-bond acceptors (Lipinski definition) is 9. The van der Waals surface area contributed by atoms with Gasteiger partial charge >= 0.3 is 17.6 Å². The molecule has 19 heavy (non-hydrogen) atoms. The molecule has 0 spiro atoms. The van der Waals surface area contributed by atoms with Crippen LogP contribution < -0.4 is 0 Å². The van der Waals surface area contributed by atoms with E-state index in [4.69, 9.17) is 30.2 Å². The van der Waals surface area contributed by atoms with E-state index < -0.39 is 17.6 Å². The van der Waals surface area contributed by atoms with Gasteiger partial charge in [0.1, 0.15) is 0 Å². The van der Waals surface area contributed by atoms with E-state index in [0.717, 1.165) is 0 Å². The van der Waals surface area contributed by atoms with Gasteiger partial charge < -0.3 is 26.6 Å². The molecule has 0 saturated carbocycles. The number of hydrogen-bond donors (Lipinski definition) is 0. The first-order chi connectivity index (χ1) is 9.07. The van der Waals surface area contributed by atoms with Crippen LogP contribution in [-0.4, -0.2) is 71.0 Å². The van der Waals surface area contributed by atoms with E-state index >= 15 is 0 Å². The Morgan fingerprint density at radius 1 is 0.579 bits per heavy atom. The Morgan fingerprint density at radius 2 is 0.842 bits per heavy atom. The summed E-state index contributed by atoms with van der Waals surface area (Å²) in [6.45, 7) is 0. The van der Waals surface area contributed by atoms with Crippen molar-refractivity contribution in [1.29, 1.82) is 0 Å². The monoisotopic (exact) mass is 350 g/mol. The molecule has 0 aromatic heterocycles. The molecular formula is C8H22O7S2Si2. The number of rotatable bonds is 12. The highest BCUT2D eigenvalue weighted by atomic mass is 32.2. The van der Waals surface area contributed by atoms with Crippen molar-refractivity contribution in [3.8, 4) is 0 Å². The van der Waals surface area contributed by atoms with Crippen molar-refractivity contribution in [2.45, 2.75) is 0 Å². The standard InChI is InChI=1S/C8H22O7S2Si2/c1-9-18(10-2,11-3)7-16-15-17-8-19(12-4,13-5)14-6/h7-8H2,1-6H3. The molecule has 0 unspecified atom stereocenters. The van der Waals surface area contributed by atoms with Crippen molar-refractivity contribution in [2.24, 2.45) is 0 Å². The third-order valence-corrected chi connectivity index (χ3v) is 10.7. The lowest BCUT2D eigenvalue weighted by molar-refractivity contribution is 0.130. The van der Waals surface area contributed by atoms with Crippen molar-refractivity contribution < 1.29 is 30.2 Å². The van der Waals surface area contributed by atoms with Crippen LogP contribution in [0.25, 0.3) is 0 Å². The van der Waals surface area contributed by atoms with Gasteiger partial charge in [-0.3, -0.25) is 0 Å². The molecule has 0 bridgehead atoms. The minimum absolute atomic E-state index is 0.491. The zero-order valence-corrected chi connectivity index (χ0v) is 15.7. The average Bonchev–Trinajstić information content (AvgIpc) is 2.48. The molecule has 0 aliphatic heterocycles. The summed E-state index contributed by atoms with van der Waals surface area (Å²) in [4.78, 5) is 0. The Bertz CT molecular complexity index is 191. The second kappa shape index (κ2) is 10.6. The molecule has 116 valence electrons. The summed E-state index contributed by atoms with van der Waals surface area (Å²) in [6, 6.07) is 0. The maximum absolute atomic E-state index is 5.38. The molecule has 0 aliphatic rings. The van der Waals surface area contributed by atoms with Gasteiger partial charge in [-0.25, -0.2) is 3.63 Å². The smallest absolute Gasteiger partial charge is 0.376 e. The molecule has 0 amide bonds. The van der Waals surface area contributed by atoms with E-state index in [1.54, 1.807) is 42.7 Å². The molecule has 11 heteroatoms. The first-order valence-corrected chi connectivity index (χ1v) is 11.0. The summed E-state index contributed by atoms with van der Waals surface area (Å²) < 4.78 is 37.0. The zero-order chi connectivity index (χ0) is 14.8. The van der Waals surface area contributed by atoms with Gasteiger partial charge in [0.15, 0.2) is 0 Å². The summed E-state index contributed by atoms with van der Waals surface area (Å²) in [5.74, 6) is 0. The fourth-order valence-electron chi connectivity index (χ4n) is 1.08. The quantitative estimate of drug-likeness (QED) is 0.293. The van der Waals surface area contributed by atoms with E-state index in [0.29, 0.717) is 10.8 Å². The van der Waals surface area contributed by atoms with E-state index in [2.05, 4.69) is 0 Å². The van der Waals surface area contributed by atoms with Crippen LogP contribution in [0.3, 0.4) is 0 Å². The van der Waals surface area contributed by atoms with Crippen molar-refractivity contribution in [3.63, 3.8) is 0 Å². The molecule has 0 saturated heterocycles. The Balaban J connectivity index is 3.98. The van der Waals surface area contributed by atoms with Gasteiger partial charge in [-0.15, -0.1) is 0 Å². The summed E-state index contributed by atoms with van der Waals surface area (Å²) in [5.41, 5.74) is 0. The Morgan fingerprint density at radius 3 is 1.05 bits per heavy atom. The average molecular weight is 351 g/mol. The largest absolute Gasteiger partial charge is 0.513 e. The van der Waals surface area contributed by atoms with Gasteiger partial charge in [0.25, 0.3) is 0 Å². The van der Waals surface area contributed by atoms with Gasteiger partial charge in [0, 0.05) is 66.7 Å². The van der Waals surface area contributed by atoms with E-state index in [1.165, 1.54) is 24.1 Å². The molecule has 0 heterocycles. The van der Waals surface area contributed by atoms with Crippen LogP contribution >= 0.6 is 24.1 Å². The highest BCUT2D eigenvalue weighted by molar-refractivity contribution is 8.09. The van der Waals surface area contributed by atoms with Crippen LogP contribution in [-0.2, 0) is 30.2 Å². The Kier molecular flexibility index (Phi) is 11.0. The lowest BCUT2D eigenvalue weighted by Crippen LogP contribution is -2.46. The molecule has 0 aromatic rings. The SMILES string of the molecule is CO[Si](CSOSC[Si](OC)(OC)OC)(OC)OC. The molecular weight excluding hydrogens is 328 g/mol. The van der Waals surface area contributed by atoms with Crippen molar-refractivity contribution in [2.75, 3.05) is 53.4 Å². The maximum Gasteiger partial charge on any atom is 0.513 e. The second-order valence-corrected chi connectivity index (χ2v) is 11.7. The molecule has 0 rings (SSSR count). The van der Waals surface area contributed by atoms with Crippen LogP contribution in [0.4, 0.5) is 0 Å². The predicted molar refractivity (Wildman–Crippen MR) is 79.6 cm³/mol. The maximum atomic E-state index is 5.38. The van der Waals surface area contributed by atoms with Gasteiger partial charge in [0.2, 0.25) is 0 Å². The van der Waals surface area contributed by atoms with Crippen LogP contribution in [0.5, 0.6) is 0 Å². The Labute approximate surface area is 125 Å². The fourth-order valence-corrected chi connectivity index (χ4v) is 7.59. The van der Waals surface area contributed by atoms with Crippen LogP contribution in [0, 0.1) is 0 Å². The fraction of sp³-hybridized carbons (Fsp3) is 1.00. The first-order valence-electron chi connectivity index (χ1n) is 5.29. The van der Waals surface area contributed by atoms with Crippen molar-refractivity contribution in [1.82, 2.24) is 0 Å². The molecule has 0 aromatic carbocycles. The van der Waals surface area contributed by atoms with Gasteiger partial charge in [0.05, 0.1) is 10.8 Å². The third-order valence-electron chi connectivity index (χ3n) is 2.43. The summed E-state index contributed by atoms with van der Waals surface area (Å²) >= 11 is 2.42. The van der Waals surface area contributed by atoms with E-state index in [9.17, 15) is 0 Å². The summed E-state index contributed by atoms with van der Waals surface area (Å²) in [6.07, 6.45) is 0. The van der Waals surface area contributed by atoms with Crippen LogP contribution in [0.15, 0.2) is 0 Å².